The van der Waals surface area contributed by atoms with E-state index in [0.717, 1.165) is 0 Å². The van der Waals surface area contributed by atoms with Crippen LogP contribution in [0.1, 0.15) is 0 Å². The second-order valence-corrected chi connectivity index (χ2v) is 19.6. The molecule has 0 fully saturated rings. The Morgan fingerprint density at radius 1 is 0.488 bits per heavy atom. The number of sulfone groups is 4. The monoisotopic (exact) mass is 792 g/mol. The SMILES string of the molecule is C=CS(=O)(=O)CC(CS(=O)(=O)CCOS(=O)(=O)[O-])(CS(=O)(=O)CCOS(=O)(=O)[O-])CS(=O)(=O)CCOS(=O)(=O)[O-].[Na+].[Na+].[Na+]. The van der Waals surface area contributed by atoms with Gasteiger partial charge < -0.3 is 13.7 Å². The summed E-state index contributed by atoms with van der Waals surface area (Å²) in [5.41, 5.74) is -2.90. The Labute approximate surface area is 317 Å². The molecule has 0 radical (unpaired) electrons. The Balaban J connectivity index is -0.00000253. The predicted octanol–water partition coefficient (Wildman–Crippen LogP) is -13.8. The molecule has 0 saturated heterocycles. The first-order valence-electron chi connectivity index (χ1n) is 9.78. The first kappa shape index (κ1) is 52.0. The van der Waals surface area contributed by atoms with Crippen molar-refractivity contribution in [2.45, 2.75) is 0 Å². The molecule has 20 nitrogen and oxygen atoms in total. The molecule has 0 unspecified atom stereocenters. The van der Waals surface area contributed by atoms with Crippen LogP contribution < -0.4 is 88.7 Å². The van der Waals surface area contributed by atoms with Crippen LogP contribution in [-0.4, -0.2) is 133 Å². The van der Waals surface area contributed by atoms with Gasteiger partial charge in [-0.1, -0.05) is 6.58 Å². The number of hydrogen-bond donors (Lipinski definition) is 0. The molecule has 0 N–H and O–H groups in total. The summed E-state index contributed by atoms with van der Waals surface area (Å²) in [6.45, 7) is -1.10. The maximum atomic E-state index is 12.7. The maximum absolute atomic E-state index is 12.7. The van der Waals surface area contributed by atoms with Gasteiger partial charge in [-0.25, -0.2) is 58.9 Å². The molecular weight excluding hydrogens is 770 g/mol. The fraction of sp³-hybridized carbons (Fsp3) is 0.846. The van der Waals surface area contributed by atoms with E-state index in [-0.39, 0.29) is 94.1 Å². The van der Waals surface area contributed by atoms with Gasteiger partial charge in [-0.3, -0.25) is 12.5 Å². The van der Waals surface area contributed by atoms with Gasteiger partial charge in [0.2, 0.25) is 31.2 Å². The van der Waals surface area contributed by atoms with E-state index in [1.165, 1.54) is 0 Å². The van der Waals surface area contributed by atoms with Gasteiger partial charge >= 0.3 is 88.7 Å². The van der Waals surface area contributed by atoms with E-state index in [9.17, 15) is 72.6 Å². The summed E-state index contributed by atoms with van der Waals surface area (Å²) in [5, 5.41) is 0.209. The molecule has 30 heteroatoms. The summed E-state index contributed by atoms with van der Waals surface area (Å²) in [6.07, 6.45) is 0. The van der Waals surface area contributed by atoms with Crippen LogP contribution in [0.2, 0.25) is 0 Å². The van der Waals surface area contributed by atoms with E-state index in [4.69, 9.17) is 0 Å². The second kappa shape index (κ2) is 20.0. The van der Waals surface area contributed by atoms with Crippen LogP contribution in [0.15, 0.2) is 12.0 Å². The van der Waals surface area contributed by atoms with Gasteiger partial charge in [0.15, 0.2) is 39.3 Å². The summed E-state index contributed by atoms with van der Waals surface area (Å²) in [4.78, 5) is 0. The number of rotatable bonds is 21. The van der Waals surface area contributed by atoms with Gasteiger partial charge in [-0.2, -0.15) is 0 Å². The van der Waals surface area contributed by atoms with Gasteiger partial charge in [-0.05, 0) is 0 Å². The molecule has 0 aromatic carbocycles. The van der Waals surface area contributed by atoms with Crippen LogP contribution in [0.25, 0.3) is 0 Å². The van der Waals surface area contributed by atoms with Crippen molar-refractivity contribution in [3.63, 3.8) is 0 Å². The Hall–Kier alpha value is 2.15. The zero-order chi connectivity index (χ0) is 31.9. The maximum Gasteiger partial charge on any atom is 1.00 e. The molecule has 0 aliphatic rings. The van der Waals surface area contributed by atoms with E-state index < -0.39 is 136 Å². The minimum atomic E-state index is -5.42. The molecule has 0 aliphatic carbocycles. The summed E-state index contributed by atoms with van der Waals surface area (Å²) in [5.74, 6) is -10.7. The molecular formula is C13H23Na3O20S7. The normalized spacial score (nSPS) is 13.7. The van der Waals surface area contributed by atoms with Crippen LogP contribution in [0.4, 0.5) is 0 Å². The Kier molecular flexibility index (Phi) is 24.1. The minimum absolute atomic E-state index is 0. The third kappa shape index (κ3) is 27.8. The molecule has 0 bridgehead atoms. The fourth-order valence-corrected chi connectivity index (χ4v) is 11.5. The molecule has 0 spiro atoms. The van der Waals surface area contributed by atoms with E-state index in [1.54, 1.807) is 0 Å². The molecule has 240 valence electrons. The fourth-order valence-electron chi connectivity index (χ4n) is 3.14. The van der Waals surface area contributed by atoms with Crippen molar-refractivity contribution >= 4 is 70.5 Å². The Bertz CT molecular complexity index is 1490. The average Bonchev–Trinajstić information content (AvgIpc) is 2.61. The molecule has 0 aromatic rings. The Morgan fingerprint density at radius 3 is 0.907 bits per heavy atom. The predicted molar refractivity (Wildman–Crippen MR) is 129 cm³/mol. The van der Waals surface area contributed by atoms with Crippen LogP contribution in [0.3, 0.4) is 0 Å². The van der Waals surface area contributed by atoms with Gasteiger partial charge in [0.25, 0.3) is 0 Å². The standard InChI is InChI=1S/C13H26O20S7.3Na/c1-2-34(14,15)9-13(10-35(16,17)6-3-31-38(22,23)24,11-36(18,19)7-4-32-39(25,26)27)12-37(20,21)8-5-33-40(28,29)30;;;/h2H,1,3-12H2,(H,22,23,24)(H,25,26,27)(H,28,29,30);;;/q;3*+1/p-3. The van der Waals surface area contributed by atoms with Crippen molar-refractivity contribution in [1.29, 1.82) is 0 Å². The minimum Gasteiger partial charge on any atom is -0.726 e. The van der Waals surface area contributed by atoms with Crippen LogP contribution in [-0.2, 0) is 83.1 Å². The number of hydrogen-bond acceptors (Lipinski definition) is 20. The van der Waals surface area contributed by atoms with Gasteiger partial charge in [0.1, 0.15) is 0 Å². The first-order chi connectivity index (χ1) is 17.5. The topological polar surface area (TPSA) is 336 Å². The summed E-state index contributed by atoms with van der Waals surface area (Å²) < 4.78 is 207. The molecule has 0 heterocycles. The van der Waals surface area contributed by atoms with Crippen LogP contribution in [0.5, 0.6) is 0 Å². The van der Waals surface area contributed by atoms with E-state index in [1.807, 2.05) is 0 Å². The van der Waals surface area contributed by atoms with Gasteiger partial charge in [-0.15, -0.1) is 0 Å². The van der Waals surface area contributed by atoms with E-state index in [2.05, 4.69) is 19.1 Å². The third-order valence-electron chi connectivity index (χ3n) is 4.21. The Morgan fingerprint density at radius 2 is 0.721 bits per heavy atom. The molecule has 0 atom stereocenters. The van der Waals surface area contributed by atoms with Gasteiger partial charge in [0.05, 0.1) is 60.1 Å². The van der Waals surface area contributed by atoms with E-state index in [0.29, 0.717) is 0 Å². The van der Waals surface area contributed by atoms with Crippen molar-refractivity contribution in [1.82, 2.24) is 0 Å². The van der Waals surface area contributed by atoms with Crippen molar-refractivity contribution in [3.8, 4) is 0 Å². The molecule has 0 amide bonds. The average molecular weight is 793 g/mol. The molecule has 43 heavy (non-hydrogen) atoms. The summed E-state index contributed by atoms with van der Waals surface area (Å²) in [7, 11) is -35.6. The molecule has 0 aromatic heterocycles. The van der Waals surface area contributed by atoms with Crippen molar-refractivity contribution in [2.24, 2.45) is 5.41 Å². The van der Waals surface area contributed by atoms with Crippen molar-refractivity contribution in [3.05, 3.63) is 12.0 Å². The largest absolute Gasteiger partial charge is 1.00 e. The van der Waals surface area contributed by atoms with E-state index >= 15 is 0 Å². The summed E-state index contributed by atoms with van der Waals surface area (Å²) >= 11 is 0. The smallest absolute Gasteiger partial charge is 0.726 e. The summed E-state index contributed by atoms with van der Waals surface area (Å²) in [6, 6.07) is 0. The zero-order valence-electron chi connectivity index (χ0n) is 22.9. The van der Waals surface area contributed by atoms with Crippen LogP contribution >= 0.6 is 0 Å². The zero-order valence-corrected chi connectivity index (χ0v) is 34.6. The quantitative estimate of drug-likeness (QED) is 0.0591. The second-order valence-electron chi connectivity index (χ2n) is 7.94. The van der Waals surface area contributed by atoms with Crippen molar-refractivity contribution < 1.29 is 174 Å². The first-order valence-corrected chi connectivity index (χ1v) is 21.0. The van der Waals surface area contributed by atoms with Crippen molar-refractivity contribution in [2.75, 3.05) is 60.1 Å². The molecule has 0 rings (SSSR count). The molecule has 0 saturated carbocycles. The van der Waals surface area contributed by atoms with Crippen LogP contribution in [0, 0.1) is 5.41 Å². The third-order valence-corrected chi connectivity index (χ3v) is 12.6. The molecule has 0 aliphatic heterocycles. The van der Waals surface area contributed by atoms with Gasteiger partial charge in [0, 0.05) is 10.8 Å².